The van der Waals surface area contributed by atoms with E-state index in [1.54, 1.807) is 6.92 Å². The predicted molar refractivity (Wildman–Crippen MR) is 76.0 cm³/mol. The number of carbonyl (C=O) groups excluding carboxylic acids is 1. The van der Waals surface area contributed by atoms with Gasteiger partial charge >= 0.3 is 5.97 Å². The average molecular weight is 270 g/mol. The fraction of sp³-hybridized carbons (Fsp3) is 0.786. The van der Waals surface area contributed by atoms with E-state index < -0.39 is 8.32 Å². The monoisotopic (exact) mass is 270 g/mol. The van der Waals surface area contributed by atoms with Crippen LogP contribution in [-0.2, 0) is 14.0 Å². The Morgan fingerprint density at radius 1 is 1.50 bits per heavy atom. The zero-order valence-electron chi connectivity index (χ0n) is 12.2. The SMILES string of the molecule is C=C(C)C(=O)OCCC[Si]1(C)CCCC(C)(C)O1. The summed E-state index contributed by atoms with van der Waals surface area (Å²) in [4.78, 5) is 11.2. The van der Waals surface area contributed by atoms with Gasteiger partial charge in [-0.1, -0.05) is 13.0 Å². The number of rotatable bonds is 5. The lowest BCUT2D eigenvalue weighted by atomic mass is 10.0. The number of carbonyl (C=O) groups is 1. The van der Waals surface area contributed by atoms with Crippen LogP contribution in [0.5, 0.6) is 0 Å². The molecule has 0 radical (unpaired) electrons. The summed E-state index contributed by atoms with van der Waals surface area (Å²) in [6, 6.07) is 2.30. The molecule has 1 aliphatic heterocycles. The van der Waals surface area contributed by atoms with Gasteiger partial charge in [0, 0.05) is 5.57 Å². The topological polar surface area (TPSA) is 35.5 Å². The van der Waals surface area contributed by atoms with E-state index >= 15 is 0 Å². The van der Waals surface area contributed by atoms with E-state index in [9.17, 15) is 4.79 Å². The van der Waals surface area contributed by atoms with Gasteiger partial charge in [0.15, 0.2) is 8.32 Å². The lowest BCUT2D eigenvalue weighted by molar-refractivity contribution is -0.138. The Bertz CT molecular complexity index is 325. The molecule has 3 nitrogen and oxygen atoms in total. The second-order valence-electron chi connectivity index (χ2n) is 6.19. The van der Waals surface area contributed by atoms with Crippen LogP contribution < -0.4 is 0 Å². The lowest BCUT2D eigenvalue weighted by Gasteiger charge is -2.42. The van der Waals surface area contributed by atoms with Gasteiger partial charge in [0.25, 0.3) is 0 Å². The van der Waals surface area contributed by atoms with Crippen molar-refractivity contribution in [3.8, 4) is 0 Å². The minimum Gasteiger partial charge on any atom is -0.462 e. The molecule has 0 aromatic heterocycles. The second kappa shape index (κ2) is 6.02. The normalized spacial score (nSPS) is 26.7. The van der Waals surface area contributed by atoms with E-state index in [1.165, 1.54) is 12.5 Å². The van der Waals surface area contributed by atoms with Gasteiger partial charge in [-0.3, -0.25) is 0 Å². The largest absolute Gasteiger partial charge is 0.462 e. The number of hydrogen-bond donors (Lipinski definition) is 0. The van der Waals surface area contributed by atoms with E-state index in [0.29, 0.717) is 12.2 Å². The maximum Gasteiger partial charge on any atom is 0.333 e. The highest BCUT2D eigenvalue weighted by atomic mass is 28.4. The minimum absolute atomic E-state index is 0.0353. The summed E-state index contributed by atoms with van der Waals surface area (Å²) < 4.78 is 11.4. The first-order valence-electron chi connectivity index (χ1n) is 6.77. The summed E-state index contributed by atoms with van der Waals surface area (Å²) in [7, 11) is -1.58. The van der Waals surface area contributed by atoms with Crippen molar-refractivity contribution in [2.75, 3.05) is 6.61 Å². The number of ether oxygens (including phenoxy) is 1. The molecule has 1 aliphatic rings. The molecule has 1 unspecified atom stereocenters. The fourth-order valence-corrected chi connectivity index (χ4v) is 6.27. The molecule has 0 N–H and O–H groups in total. The summed E-state index contributed by atoms with van der Waals surface area (Å²) in [5.74, 6) is -0.285. The molecular weight excluding hydrogens is 244 g/mol. The molecule has 0 aromatic rings. The molecule has 0 saturated carbocycles. The highest BCUT2D eigenvalue weighted by Gasteiger charge is 2.38. The molecule has 0 aliphatic carbocycles. The van der Waals surface area contributed by atoms with Crippen LogP contribution in [0.15, 0.2) is 12.2 Å². The van der Waals surface area contributed by atoms with Gasteiger partial charge in [-0.2, -0.15) is 0 Å². The highest BCUT2D eigenvalue weighted by Crippen LogP contribution is 2.35. The second-order valence-corrected chi connectivity index (χ2v) is 10.3. The van der Waals surface area contributed by atoms with E-state index in [1.807, 2.05) is 0 Å². The van der Waals surface area contributed by atoms with Crippen LogP contribution >= 0.6 is 0 Å². The molecule has 0 amide bonds. The Kier molecular flexibility index (Phi) is 5.17. The van der Waals surface area contributed by atoms with Crippen LogP contribution in [0, 0.1) is 0 Å². The average Bonchev–Trinajstić information content (AvgIpc) is 2.22. The van der Waals surface area contributed by atoms with E-state index in [4.69, 9.17) is 9.16 Å². The third-order valence-corrected chi connectivity index (χ3v) is 7.31. The Morgan fingerprint density at radius 3 is 2.72 bits per heavy atom. The summed E-state index contributed by atoms with van der Waals surface area (Å²) in [6.07, 6.45) is 3.32. The lowest BCUT2D eigenvalue weighted by Crippen LogP contribution is -2.47. The standard InChI is InChI=1S/C14H26O3Si/c1-12(2)13(15)16-9-7-11-18(5)10-6-8-14(3,4)17-18/h1,6-11H2,2-5H3. The van der Waals surface area contributed by atoms with Crippen LogP contribution in [0.1, 0.15) is 40.0 Å². The van der Waals surface area contributed by atoms with Crippen LogP contribution in [0.25, 0.3) is 0 Å². The minimum atomic E-state index is -1.58. The van der Waals surface area contributed by atoms with Crippen molar-refractivity contribution < 1.29 is 14.0 Å². The molecule has 0 spiro atoms. The van der Waals surface area contributed by atoms with Crippen LogP contribution in [0.4, 0.5) is 0 Å². The Labute approximate surface area is 112 Å². The molecule has 18 heavy (non-hydrogen) atoms. The van der Waals surface area contributed by atoms with Crippen molar-refractivity contribution in [3.63, 3.8) is 0 Å². The molecule has 1 saturated heterocycles. The molecule has 104 valence electrons. The molecule has 1 atom stereocenters. The van der Waals surface area contributed by atoms with Crippen molar-refractivity contribution in [1.29, 1.82) is 0 Å². The van der Waals surface area contributed by atoms with Gasteiger partial charge in [-0.25, -0.2) is 4.79 Å². The van der Waals surface area contributed by atoms with Crippen LogP contribution in [-0.4, -0.2) is 26.5 Å². The Hall–Kier alpha value is -0.613. The fourth-order valence-electron chi connectivity index (χ4n) is 2.57. The van der Waals surface area contributed by atoms with Crippen molar-refractivity contribution in [1.82, 2.24) is 0 Å². The Morgan fingerprint density at radius 2 is 2.17 bits per heavy atom. The van der Waals surface area contributed by atoms with Gasteiger partial charge < -0.3 is 9.16 Å². The van der Waals surface area contributed by atoms with Crippen molar-refractivity contribution in [2.24, 2.45) is 0 Å². The summed E-state index contributed by atoms with van der Waals surface area (Å²) in [6.45, 7) is 12.4. The zero-order valence-corrected chi connectivity index (χ0v) is 13.2. The van der Waals surface area contributed by atoms with E-state index in [0.717, 1.165) is 18.9 Å². The molecule has 4 heteroatoms. The smallest absolute Gasteiger partial charge is 0.333 e. The van der Waals surface area contributed by atoms with Crippen molar-refractivity contribution in [3.05, 3.63) is 12.2 Å². The summed E-state index contributed by atoms with van der Waals surface area (Å²) in [5, 5.41) is 0. The maximum absolute atomic E-state index is 11.2. The molecule has 1 rings (SSSR count). The van der Waals surface area contributed by atoms with Crippen molar-refractivity contribution in [2.45, 2.75) is 64.3 Å². The van der Waals surface area contributed by atoms with E-state index in [-0.39, 0.29) is 11.6 Å². The highest BCUT2D eigenvalue weighted by molar-refractivity contribution is 6.72. The zero-order chi connectivity index (χ0) is 13.8. The van der Waals surface area contributed by atoms with Crippen LogP contribution in [0.3, 0.4) is 0 Å². The first-order valence-corrected chi connectivity index (χ1v) is 9.59. The Balaban J connectivity index is 2.30. The van der Waals surface area contributed by atoms with Gasteiger partial charge in [0.1, 0.15) is 0 Å². The van der Waals surface area contributed by atoms with Crippen molar-refractivity contribution >= 4 is 14.3 Å². The van der Waals surface area contributed by atoms with Gasteiger partial charge in [0.2, 0.25) is 0 Å². The summed E-state index contributed by atoms with van der Waals surface area (Å²) in [5.41, 5.74) is 0.502. The molecule has 1 fully saturated rings. The van der Waals surface area contributed by atoms with Gasteiger partial charge in [-0.15, -0.1) is 0 Å². The predicted octanol–water partition coefficient (Wildman–Crippen LogP) is 3.66. The molecule has 0 aromatic carbocycles. The van der Waals surface area contributed by atoms with E-state index in [2.05, 4.69) is 27.0 Å². The summed E-state index contributed by atoms with van der Waals surface area (Å²) >= 11 is 0. The quantitative estimate of drug-likeness (QED) is 0.331. The van der Waals surface area contributed by atoms with Crippen LogP contribution in [0.2, 0.25) is 18.6 Å². The maximum atomic E-state index is 11.2. The molecular formula is C14H26O3Si. The van der Waals surface area contributed by atoms with Gasteiger partial charge in [0.05, 0.1) is 12.2 Å². The number of hydrogen-bond acceptors (Lipinski definition) is 3. The third kappa shape index (κ3) is 4.94. The first kappa shape index (κ1) is 15.4. The number of esters is 1. The third-order valence-electron chi connectivity index (χ3n) is 3.44. The van der Waals surface area contributed by atoms with Gasteiger partial charge in [-0.05, 0) is 52.2 Å². The molecule has 0 bridgehead atoms. The molecule has 1 heterocycles. The first-order chi connectivity index (χ1) is 8.24.